The molecule has 2 aromatic carbocycles. The first-order chi connectivity index (χ1) is 12.9. The summed E-state index contributed by atoms with van der Waals surface area (Å²) < 4.78 is 10.0. The van der Waals surface area contributed by atoms with E-state index in [0.717, 1.165) is 5.66 Å². The molecule has 136 valence electrons. The fourth-order valence-corrected chi connectivity index (χ4v) is 8.28. The summed E-state index contributed by atoms with van der Waals surface area (Å²) in [5.74, 6) is 0. The van der Waals surface area contributed by atoms with Crippen LogP contribution in [0.3, 0.4) is 0 Å². The Labute approximate surface area is 158 Å². The zero-order chi connectivity index (χ0) is 17.4. The molecule has 0 amide bonds. The molecule has 0 N–H and O–H groups in total. The zero-order valence-electron chi connectivity index (χ0n) is 15.4. The van der Waals surface area contributed by atoms with E-state index in [2.05, 4.69) is 65.3 Å². The molecule has 2 saturated heterocycles. The smallest absolute Gasteiger partial charge is 0.140 e. The van der Waals surface area contributed by atoms with Crippen molar-refractivity contribution in [2.75, 3.05) is 6.54 Å². The topological polar surface area (TPSA) is 12.5 Å². The highest BCUT2D eigenvalue weighted by Crippen LogP contribution is 2.68. The Morgan fingerprint density at radius 1 is 0.769 bits per heavy atom. The van der Waals surface area contributed by atoms with Gasteiger partial charge in [-0.1, -0.05) is 79.9 Å². The van der Waals surface area contributed by atoms with Gasteiger partial charge >= 0.3 is 0 Å². The van der Waals surface area contributed by atoms with Crippen molar-refractivity contribution >= 4 is 8.30 Å². The van der Waals surface area contributed by atoms with Crippen LogP contribution in [0.1, 0.15) is 56.1 Å². The largest absolute Gasteiger partial charge is 0.326 e. The highest BCUT2D eigenvalue weighted by atomic mass is 31.2. The van der Waals surface area contributed by atoms with Gasteiger partial charge in [-0.2, -0.15) is 0 Å². The molecule has 2 atom stereocenters. The minimum absolute atomic E-state index is 0.290. The fourth-order valence-electron chi connectivity index (χ4n) is 5.28. The van der Waals surface area contributed by atoms with Crippen LogP contribution in [0.25, 0.3) is 0 Å². The van der Waals surface area contributed by atoms with Crippen molar-refractivity contribution in [2.24, 2.45) is 0 Å². The van der Waals surface area contributed by atoms with Gasteiger partial charge < -0.3 is 4.52 Å². The summed E-state index contributed by atoms with van der Waals surface area (Å²) >= 11 is 0. The molecule has 2 aromatic rings. The van der Waals surface area contributed by atoms with Crippen LogP contribution in [-0.4, -0.2) is 22.9 Å². The second-order valence-electron chi connectivity index (χ2n) is 7.97. The second kappa shape index (κ2) is 7.08. The van der Waals surface area contributed by atoms with Gasteiger partial charge in [0.25, 0.3) is 0 Å². The summed E-state index contributed by atoms with van der Waals surface area (Å²) in [6.45, 7) is 1.22. The lowest BCUT2D eigenvalue weighted by Crippen LogP contribution is -2.40. The SMILES string of the molecule is c1ccc(C2(c3ccccc3)OP(C3CCCCC3)N3CCC[C@H]32)cc1. The van der Waals surface area contributed by atoms with Gasteiger partial charge in [-0.25, -0.2) is 0 Å². The van der Waals surface area contributed by atoms with Crippen molar-refractivity contribution in [1.29, 1.82) is 0 Å². The van der Waals surface area contributed by atoms with Gasteiger partial charge in [0.1, 0.15) is 13.9 Å². The second-order valence-corrected chi connectivity index (χ2v) is 10.0. The van der Waals surface area contributed by atoms with Gasteiger partial charge in [0, 0.05) is 12.2 Å². The molecular formula is C23H28NOP. The Bertz CT molecular complexity index is 689. The molecule has 1 unspecified atom stereocenters. The van der Waals surface area contributed by atoms with Crippen LogP contribution in [-0.2, 0) is 10.1 Å². The van der Waals surface area contributed by atoms with Crippen molar-refractivity contribution in [3.8, 4) is 0 Å². The van der Waals surface area contributed by atoms with Crippen LogP contribution in [0, 0.1) is 0 Å². The van der Waals surface area contributed by atoms with Crippen molar-refractivity contribution < 1.29 is 4.52 Å². The molecule has 2 heterocycles. The predicted octanol–water partition coefficient (Wildman–Crippen LogP) is 6.07. The van der Waals surface area contributed by atoms with E-state index in [0.29, 0.717) is 6.04 Å². The van der Waals surface area contributed by atoms with Gasteiger partial charge in [-0.05, 0) is 36.8 Å². The summed E-state index contributed by atoms with van der Waals surface area (Å²) in [4.78, 5) is 0. The molecule has 3 heteroatoms. The molecule has 0 aromatic heterocycles. The molecule has 1 saturated carbocycles. The van der Waals surface area contributed by atoms with Crippen molar-refractivity contribution in [3.63, 3.8) is 0 Å². The molecule has 5 rings (SSSR count). The van der Waals surface area contributed by atoms with E-state index in [1.165, 1.54) is 62.6 Å². The normalized spacial score (nSPS) is 28.9. The van der Waals surface area contributed by atoms with Crippen LogP contribution in [0.5, 0.6) is 0 Å². The van der Waals surface area contributed by atoms with Crippen LogP contribution < -0.4 is 0 Å². The van der Waals surface area contributed by atoms with Gasteiger partial charge in [0.15, 0.2) is 0 Å². The quantitative estimate of drug-likeness (QED) is 0.612. The predicted molar refractivity (Wildman–Crippen MR) is 108 cm³/mol. The highest BCUT2D eigenvalue weighted by Gasteiger charge is 2.58. The molecule has 26 heavy (non-hydrogen) atoms. The zero-order valence-corrected chi connectivity index (χ0v) is 16.3. The third kappa shape index (κ3) is 2.66. The minimum atomic E-state index is -0.505. The molecule has 0 spiro atoms. The maximum absolute atomic E-state index is 7.22. The van der Waals surface area contributed by atoms with Crippen molar-refractivity contribution in [3.05, 3.63) is 71.8 Å². The van der Waals surface area contributed by atoms with Gasteiger partial charge in [-0.3, -0.25) is 4.67 Å². The number of benzene rings is 2. The van der Waals surface area contributed by atoms with Gasteiger partial charge in [0.05, 0.1) is 6.04 Å². The van der Waals surface area contributed by atoms with Crippen molar-refractivity contribution in [2.45, 2.75) is 62.2 Å². The minimum Gasteiger partial charge on any atom is -0.326 e. The first kappa shape index (κ1) is 16.9. The molecule has 0 radical (unpaired) electrons. The average molecular weight is 365 g/mol. The number of hydrogen-bond donors (Lipinski definition) is 0. The monoisotopic (exact) mass is 365 g/mol. The van der Waals surface area contributed by atoms with Gasteiger partial charge in [-0.15, -0.1) is 0 Å². The van der Waals surface area contributed by atoms with Crippen LogP contribution in [0.15, 0.2) is 60.7 Å². The molecule has 3 aliphatic rings. The maximum Gasteiger partial charge on any atom is 0.140 e. The fraction of sp³-hybridized carbons (Fsp3) is 0.478. The number of rotatable bonds is 3. The number of hydrogen-bond acceptors (Lipinski definition) is 2. The third-order valence-electron chi connectivity index (χ3n) is 6.48. The van der Waals surface area contributed by atoms with Crippen molar-refractivity contribution in [1.82, 2.24) is 4.67 Å². The molecule has 1 aliphatic carbocycles. The molecule has 2 aliphatic heterocycles. The van der Waals surface area contributed by atoms with Crippen LogP contribution >= 0.6 is 8.30 Å². The first-order valence-electron chi connectivity index (χ1n) is 10.3. The molecule has 2 nitrogen and oxygen atoms in total. The summed E-state index contributed by atoms with van der Waals surface area (Å²) in [5, 5.41) is 0. The maximum atomic E-state index is 7.22. The Morgan fingerprint density at radius 2 is 1.38 bits per heavy atom. The van der Waals surface area contributed by atoms with E-state index in [9.17, 15) is 0 Å². The van der Waals surface area contributed by atoms with E-state index in [-0.39, 0.29) is 5.60 Å². The molecule has 3 fully saturated rings. The van der Waals surface area contributed by atoms with E-state index >= 15 is 0 Å². The highest BCUT2D eigenvalue weighted by molar-refractivity contribution is 7.51. The number of fused-ring (bicyclic) bond motifs is 1. The third-order valence-corrected chi connectivity index (χ3v) is 9.08. The summed E-state index contributed by atoms with van der Waals surface area (Å²) in [7, 11) is -0.505. The molecule has 0 bridgehead atoms. The van der Waals surface area contributed by atoms with Crippen LogP contribution in [0.4, 0.5) is 0 Å². The Kier molecular flexibility index (Phi) is 4.61. The van der Waals surface area contributed by atoms with Crippen LogP contribution in [0.2, 0.25) is 0 Å². The standard InChI is InChI=1S/C23H28NOP/c1-4-11-19(12-5-1)23(20-13-6-2-7-14-20)22-17-10-18-24(22)26(25-23)21-15-8-3-9-16-21/h1-2,4-7,11-14,21-22H,3,8-10,15-18H2/t22-,26?/m0/s1. The lowest BCUT2D eigenvalue weighted by atomic mass is 9.79. The Balaban J connectivity index is 1.62. The first-order valence-corrected chi connectivity index (χ1v) is 11.5. The lowest BCUT2D eigenvalue weighted by molar-refractivity contribution is 0.112. The Hall–Kier alpha value is -1.21. The van der Waals surface area contributed by atoms with E-state index in [1.807, 2.05) is 0 Å². The lowest BCUT2D eigenvalue weighted by Gasteiger charge is -2.35. The van der Waals surface area contributed by atoms with Gasteiger partial charge in [0.2, 0.25) is 0 Å². The average Bonchev–Trinajstić information content (AvgIpc) is 3.32. The van der Waals surface area contributed by atoms with E-state index in [1.54, 1.807) is 0 Å². The summed E-state index contributed by atoms with van der Waals surface area (Å²) in [5.41, 5.74) is 3.14. The molecular weight excluding hydrogens is 337 g/mol. The van der Waals surface area contributed by atoms with E-state index < -0.39 is 8.30 Å². The summed E-state index contributed by atoms with van der Waals surface area (Å²) in [6, 6.07) is 22.5. The Morgan fingerprint density at radius 3 is 2.00 bits per heavy atom. The summed E-state index contributed by atoms with van der Waals surface area (Å²) in [6.07, 6.45) is 9.44. The van der Waals surface area contributed by atoms with E-state index in [4.69, 9.17) is 4.52 Å². The number of nitrogens with zero attached hydrogens (tertiary/aromatic N) is 1.